The summed E-state index contributed by atoms with van der Waals surface area (Å²) in [6.45, 7) is 5.25. The molecule has 0 atom stereocenters. The van der Waals surface area contributed by atoms with E-state index in [4.69, 9.17) is 4.98 Å². The zero-order chi connectivity index (χ0) is 25.0. The van der Waals surface area contributed by atoms with Crippen LogP contribution in [-0.2, 0) is 6.54 Å². The first kappa shape index (κ1) is 23.0. The smallest absolute Gasteiger partial charge is 0.159 e. The minimum Gasteiger partial charge on any atom is -0.335 e. The lowest BCUT2D eigenvalue weighted by atomic mass is 10.1. The Morgan fingerprint density at radius 1 is 0.865 bits per heavy atom. The molecule has 0 aromatic carbocycles. The van der Waals surface area contributed by atoms with E-state index >= 15 is 0 Å². The number of aromatic amines is 2. The van der Waals surface area contributed by atoms with E-state index in [1.165, 1.54) is 18.4 Å². The summed E-state index contributed by atoms with van der Waals surface area (Å²) in [7, 11) is 0. The Morgan fingerprint density at radius 3 is 2.59 bits per heavy atom. The SMILES string of the molecule is Cc1ccc(-c2cncc(CN3CCCC3)c2)ccc(-c2nc3c(-c4ccccn4)cncc3[nH]2)n[nH]1. The van der Waals surface area contributed by atoms with Gasteiger partial charge < -0.3 is 4.98 Å². The molecule has 8 heteroatoms. The van der Waals surface area contributed by atoms with Gasteiger partial charge in [-0.3, -0.25) is 25.0 Å². The van der Waals surface area contributed by atoms with Gasteiger partial charge in [0.15, 0.2) is 5.82 Å². The normalized spacial score (nSPS) is 13.6. The van der Waals surface area contributed by atoms with Gasteiger partial charge in [-0.2, -0.15) is 5.10 Å². The maximum atomic E-state index is 4.90. The Hall–Kier alpha value is -4.43. The molecule has 0 radical (unpaired) electrons. The van der Waals surface area contributed by atoms with Crippen LogP contribution in [0.3, 0.4) is 0 Å². The molecule has 0 unspecified atom stereocenters. The van der Waals surface area contributed by atoms with Crippen LogP contribution in [0.2, 0.25) is 0 Å². The molecule has 0 saturated carbocycles. The molecule has 1 aliphatic rings. The highest BCUT2D eigenvalue weighted by molar-refractivity contribution is 5.91. The summed E-state index contributed by atoms with van der Waals surface area (Å²) in [6.07, 6.45) is 11.8. The molecule has 5 aromatic rings. The van der Waals surface area contributed by atoms with Gasteiger partial charge in [-0.15, -0.1) is 0 Å². The van der Waals surface area contributed by atoms with Crippen LogP contribution >= 0.6 is 0 Å². The third-order valence-electron chi connectivity index (χ3n) is 6.60. The van der Waals surface area contributed by atoms with Gasteiger partial charge in [0.25, 0.3) is 0 Å². The van der Waals surface area contributed by atoms with Crippen molar-refractivity contribution < 1.29 is 0 Å². The Bertz CT molecular complexity index is 1580. The first-order valence-corrected chi connectivity index (χ1v) is 12.6. The molecule has 0 aliphatic carbocycles. The number of imidazole rings is 1. The number of hydrogen-bond donors (Lipinski definition) is 2. The molecule has 37 heavy (non-hydrogen) atoms. The Kier molecular flexibility index (Phi) is 6.39. The van der Waals surface area contributed by atoms with Gasteiger partial charge in [0.05, 0.1) is 17.4 Å². The van der Waals surface area contributed by atoms with Crippen LogP contribution in [0.4, 0.5) is 0 Å². The highest BCUT2D eigenvalue weighted by Crippen LogP contribution is 2.27. The number of likely N-dealkylation sites (tertiary alicyclic amines) is 1. The second-order valence-corrected chi connectivity index (χ2v) is 9.36. The number of hydrogen-bond acceptors (Lipinski definition) is 6. The Morgan fingerprint density at radius 2 is 1.73 bits per heavy atom. The van der Waals surface area contributed by atoms with Crippen molar-refractivity contribution in [3.05, 3.63) is 90.8 Å². The topological polar surface area (TPSA) is 99.3 Å². The van der Waals surface area contributed by atoms with E-state index in [1.807, 2.05) is 49.6 Å². The highest BCUT2D eigenvalue weighted by Gasteiger charge is 2.14. The maximum Gasteiger partial charge on any atom is 0.159 e. The van der Waals surface area contributed by atoms with Gasteiger partial charge in [0, 0.05) is 48.2 Å². The van der Waals surface area contributed by atoms with Gasteiger partial charge in [-0.25, -0.2) is 4.98 Å². The van der Waals surface area contributed by atoms with Gasteiger partial charge in [0.1, 0.15) is 11.2 Å². The van der Waals surface area contributed by atoms with Gasteiger partial charge in [-0.1, -0.05) is 18.2 Å². The van der Waals surface area contributed by atoms with E-state index in [9.17, 15) is 0 Å². The van der Waals surface area contributed by atoms with Crippen LogP contribution in [0.15, 0.2) is 79.5 Å². The zero-order valence-electron chi connectivity index (χ0n) is 20.7. The lowest BCUT2D eigenvalue weighted by Gasteiger charge is -2.14. The second-order valence-electron chi connectivity index (χ2n) is 9.36. The summed E-state index contributed by atoms with van der Waals surface area (Å²) in [5, 5.41) is 7.77. The lowest BCUT2D eigenvalue weighted by molar-refractivity contribution is 0.331. The first-order chi connectivity index (χ1) is 18.2. The number of aryl methyl sites for hydroxylation is 1. The van der Waals surface area contributed by atoms with E-state index < -0.39 is 0 Å². The van der Waals surface area contributed by atoms with Crippen molar-refractivity contribution in [3.63, 3.8) is 0 Å². The van der Waals surface area contributed by atoms with E-state index in [0.29, 0.717) is 11.5 Å². The van der Waals surface area contributed by atoms with Crippen LogP contribution in [0.5, 0.6) is 0 Å². The fraction of sp³-hybridized carbons (Fsp3) is 0.207. The van der Waals surface area contributed by atoms with Crippen molar-refractivity contribution in [1.29, 1.82) is 0 Å². The molecule has 0 spiro atoms. The zero-order valence-corrected chi connectivity index (χ0v) is 20.7. The van der Waals surface area contributed by atoms with Gasteiger partial charge >= 0.3 is 0 Å². The second kappa shape index (κ2) is 10.3. The number of nitrogens with one attached hydrogen (secondary N) is 2. The van der Waals surface area contributed by atoms with Crippen LogP contribution in [0.25, 0.3) is 44.9 Å². The standard InChI is InChI=1S/C29H28N8/c1-20-7-8-22(23-14-21(15-30-16-23)19-37-12-4-5-13-37)9-10-26(36-35-20)29-33-27-18-31-17-24(28(27)34-29)25-6-2-3-11-32-25/h2-3,6-11,14-18,35H,4-5,12-13,19H2,1H3,(H,33,34). The summed E-state index contributed by atoms with van der Waals surface area (Å²) >= 11 is 0. The lowest BCUT2D eigenvalue weighted by Crippen LogP contribution is -2.18. The molecular formula is C29H28N8. The molecule has 1 fully saturated rings. The quantitative estimate of drug-likeness (QED) is 0.339. The molecular weight excluding hydrogens is 460 g/mol. The molecule has 184 valence electrons. The van der Waals surface area contributed by atoms with Crippen molar-refractivity contribution >= 4 is 11.0 Å². The molecule has 0 bridgehead atoms. The van der Waals surface area contributed by atoms with Crippen LogP contribution in [0.1, 0.15) is 24.1 Å². The third-order valence-corrected chi connectivity index (χ3v) is 6.60. The summed E-state index contributed by atoms with van der Waals surface area (Å²) in [4.78, 5) is 24.2. The molecule has 1 aliphatic heterocycles. The largest absolute Gasteiger partial charge is 0.335 e. The molecule has 1 saturated heterocycles. The minimum absolute atomic E-state index is 0.652. The Balaban J connectivity index is 1.40. The molecule has 2 N–H and O–H groups in total. The van der Waals surface area contributed by atoms with Crippen molar-refractivity contribution in [3.8, 4) is 33.9 Å². The third kappa shape index (κ3) is 5.10. The number of H-pyrrole nitrogens is 2. The summed E-state index contributed by atoms with van der Waals surface area (Å²) < 4.78 is 0. The number of aromatic nitrogens is 7. The number of fused-ring (bicyclic) bond motifs is 1. The molecule has 8 nitrogen and oxygen atoms in total. The fourth-order valence-electron chi connectivity index (χ4n) is 4.68. The molecule has 5 aromatic heterocycles. The molecule has 0 amide bonds. The predicted octanol–water partition coefficient (Wildman–Crippen LogP) is 5.50. The van der Waals surface area contributed by atoms with Crippen molar-refractivity contribution in [1.82, 2.24) is 40.0 Å². The van der Waals surface area contributed by atoms with Crippen LogP contribution < -0.4 is 0 Å². The number of rotatable bonds is 5. The highest BCUT2D eigenvalue weighted by atomic mass is 15.1. The number of pyridine rings is 3. The van der Waals surface area contributed by atoms with E-state index in [-0.39, 0.29) is 0 Å². The van der Waals surface area contributed by atoms with Crippen molar-refractivity contribution in [2.45, 2.75) is 26.3 Å². The van der Waals surface area contributed by atoms with Crippen LogP contribution in [-0.4, -0.2) is 53.1 Å². The van der Waals surface area contributed by atoms with E-state index in [1.54, 1.807) is 18.6 Å². The number of nitrogens with zero attached hydrogens (tertiary/aromatic N) is 6. The monoisotopic (exact) mass is 488 g/mol. The average molecular weight is 489 g/mol. The van der Waals surface area contributed by atoms with E-state index in [0.717, 1.165) is 58.7 Å². The fourth-order valence-corrected chi connectivity index (χ4v) is 4.68. The maximum absolute atomic E-state index is 4.90. The molecule has 6 rings (SSSR count). The average Bonchev–Trinajstić information content (AvgIpc) is 3.61. The van der Waals surface area contributed by atoms with Crippen molar-refractivity contribution in [2.24, 2.45) is 0 Å². The molecule has 6 heterocycles. The van der Waals surface area contributed by atoms with Crippen molar-refractivity contribution in [2.75, 3.05) is 13.1 Å². The minimum atomic E-state index is 0.652. The first-order valence-electron chi connectivity index (χ1n) is 12.6. The Labute approximate surface area is 215 Å². The van der Waals surface area contributed by atoms with E-state index in [2.05, 4.69) is 53.2 Å². The van der Waals surface area contributed by atoms with Crippen LogP contribution in [0, 0.1) is 6.92 Å². The van der Waals surface area contributed by atoms with Gasteiger partial charge in [-0.05, 0) is 74.3 Å². The predicted molar refractivity (Wildman–Crippen MR) is 145 cm³/mol. The summed E-state index contributed by atoms with van der Waals surface area (Å²) in [5.74, 6) is 0.652. The summed E-state index contributed by atoms with van der Waals surface area (Å²) in [5.41, 5.74) is 8.30. The van der Waals surface area contributed by atoms with Gasteiger partial charge in [0.2, 0.25) is 0 Å². The summed E-state index contributed by atoms with van der Waals surface area (Å²) in [6, 6.07) is 16.2.